The summed E-state index contributed by atoms with van der Waals surface area (Å²) in [6.45, 7) is 1.69. The van der Waals surface area contributed by atoms with Crippen LogP contribution in [0.25, 0.3) is 0 Å². The highest BCUT2D eigenvalue weighted by Crippen LogP contribution is 2.30. The lowest BCUT2D eigenvalue weighted by Gasteiger charge is -2.34. The van der Waals surface area contributed by atoms with Crippen molar-refractivity contribution in [2.24, 2.45) is 0 Å². The van der Waals surface area contributed by atoms with Crippen LogP contribution >= 0.6 is 11.8 Å². The van der Waals surface area contributed by atoms with Gasteiger partial charge in [-0.2, -0.15) is 24.9 Å². The molecule has 3 heterocycles. The Morgan fingerprint density at radius 2 is 1.91 bits per heavy atom. The van der Waals surface area contributed by atoms with Crippen LogP contribution < -0.4 is 10.2 Å². The molecule has 1 aromatic rings. The number of hydrogen-bond acceptors (Lipinski definition) is 4. The van der Waals surface area contributed by atoms with Gasteiger partial charge in [0.05, 0.1) is 5.56 Å². The highest BCUT2D eigenvalue weighted by atomic mass is 32.2. The molecule has 1 atom stereocenters. The first kappa shape index (κ1) is 15.9. The molecule has 3 rings (SSSR count). The molecule has 2 aliphatic heterocycles. The third kappa shape index (κ3) is 3.87. The number of alkyl halides is 3. The molecule has 0 radical (unpaired) electrons. The molecule has 1 N–H and O–H groups in total. The van der Waals surface area contributed by atoms with Crippen LogP contribution in [-0.2, 0) is 6.18 Å². The van der Waals surface area contributed by atoms with E-state index in [1.165, 1.54) is 24.0 Å². The first-order valence-corrected chi connectivity index (χ1v) is 8.80. The fraction of sp³-hybridized carbons (Fsp3) is 0.667. The van der Waals surface area contributed by atoms with Crippen LogP contribution in [0.15, 0.2) is 18.3 Å². The van der Waals surface area contributed by atoms with Gasteiger partial charge in [0.2, 0.25) is 0 Å². The molecular formula is C15H20F3N3S. The monoisotopic (exact) mass is 331 g/mol. The molecular weight excluding hydrogens is 311 g/mol. The van der Waals surface area contributed by atoms with Gasteiger partial charge >= 0.3 is 6.18 Å². The van der Waals surface area contributed by atoms with Crippen LogP contribution in [0.3, 0.4) is 0 Å². The molecule has 2 saturated heterocycles. The summed E-state index contributed by atoms with van der Waals surface area (Å²) in [6, 6.07) is 3.74. The van der Waals surface area contributed by atoms with Gasteiger partial charge < -0.3 is 10.2 Å². The third-order valence-electron chi connectivity index (χ3n) is 4.30. The lowest BCUT2D eigenvalue weighted by molar-refractivity contribution is -0.137. The maximum Gasteiger partial charge on any atom is 0.417 e. The summed E-state index contributed by atoms with van der Waals surface area (Å²) in [5, 5.41) is 3.70. The number of rotatable bonds is 3. The summed E-state index contributed by atoms with van der Waals surface area (Å²) in [4.78, 5) is 6.05. The molecule has 2 aliphatic rings. The second-order valence-corrected chi connectivity index (χ2v) is 7.04. The average molecular weight is 331 g/mol. The molecule has 22 heavy (non-hydrogen) atoms. The van der Waals surface area contributed by atoms with Crippen molar-refractivity contribution >= 4 is 17.6 Å². The maximum atomic E-state index is 12.5. The molecule has 1 aromatic heterocycles. The van der Waals surface area contributed by atoms with Crippen LogP contribution in [0, 0.1) is 0 Å². The maximum absolute atomic E-state index is 12.5. The highest BCUT2D eigenvalue weighted by molar-refractivity contribution is 7.99. The number of piperidine rings is 1. The van der Waals surface area contributed by atoms with E-state index in [0.29, 0.717) is 17.9 Å². The van der Waals surface area contributed by atoms with E-state index in [2.05, 4.69) is 15.2 Å². The molecule has 0 spiro atoms. The average Bonchev–Trinajstić information content (AvgIpc) is 3.00. The number of aromatic nitrogens is 1. The first-order valence-electron chi connectivity index (χ1n) is 7.64. The SMILES string of the molecule is FC(F)(F)c1ccc(N2CCC(NC3CCSC3)CC2)nc1. The normalized spacial score (nSPS) is 24.0. The van der Waals surface area contributed by atoms with E-state index in [1.807, 2.05) is 11.8 Å². The van der Waals surface area contributed by atoms with E-state index in [0.717, 1.165) is 38.2 Å². The highest BCUT2D eigenvalue weighted by Gasteiger charge is 2.31. The predicted molar refractivity (Wildman–Crippen MR) is 83.3 cm³/mol. The van der Waals surface area contributed by atoms with Crippen molar-refractivity contribution in [3.8, 4) is 0 Å². The lowest BCUT2D eigenvalue weighted by atomic mass is 10.0. The molecule has 2 fully saturated rings. The Balaban J connectivity index is 1.52. The second-order valence-electron chi connectivity index (χ2n) is 5.89. The van der Waals surface area contributed by atoms with E-state index in [9.17, 15) is 13.2 Å². The minimum absolute atomic E-state index is 0.523. The fourth-order valence-corrected chi connectivity index (χ4v) is 4.18. The van der Waals surface area contributed by atoms with Crippen molar-refractivity contribution in [1.29, 1.82) is 0 Å². The molecule has 0 aromatic carbocycles. The largest absolute Gasteiger partial charge is 0.417 e. The Bertz CT molecular complexity index is 478. The topological polar surface area (TPSA) is 28.2 Å². The summed E-state index contributed by atoms with van der Waals surface area (Å²) in [5.41, 5.74) is -0.688. The van der Waals surface area contributed by atoms with Gasteiger partial charge in [-0.1, -0.05) is 0 Å². The van der Waals surface area contributed by atoms with E-state index in [-0.39, 0.29) is 0 Å². The van der Waals surface area contributed by atoms with Crippen molar-refractivity contribution in [2.45, 2.75) is 37.5 Å². The lowest BCUT2D eigenvalue weighted by Crippen LogP contribution is -2.46. The van der Waals surface area contributed by atoms with Gasteiger partial charge in [0.25, 0.3) is 0 Å². The van der Waals surface area contributed by atoms with Gasteiger partial charge in [0.15, 0.2) is 0 Å². The van der Waals surface area contributed by atoms with Crippen LogP contribution in [0.5, 0.6) is 0 Å². The Morgan fingerprint density at radius 1 is 1.14 bits per heavy atom. The second kappa shape index (κ2) is 6.66. The van der Waals surface area contributed by atoms with Gasteiger partial charge in [-0.05, 0) is 37.1 Å². The standard InChI is InChI=1S/C15H20F3N3S/c16-15(17,18)11-1-2-14(19-9-11)21-6-3-12(4-7-21)20-13-5-8-22-10-13/h1-2,9,12-13,20H,3-8,10H2. The third-order valence-corrected chi connectivity index (χ3v) is 5.46. The Kier molecular flexibility index (Phi) is 4.82. The Hall–Kier alpha value is -0.950. The number of nitrogens with one attached hydrogen (secondary N) is 1. The predicted octanol–water partition coefficient (Wildman–Crippen LogP) is 3.16. The quantitative estimate of drug-likeness (QED) is 0.921. The van der Waals surface area contributed by atoms with Crippen molar-refractivity contribution in [1.82, 2.24) is 10.3 Å². The van der Waals surface area contributed by atoms with Gasteiger partial charge in [-0.25, -0.2) is 4.98 Å². The number of pyridine rings is 1. The van der Waals surface area contributed by atoms with Crippen molar-refractivity contribution in [3.63, 3.8) is 0 Å². The number of halogens is 3. The zero-order chi connectivity index (χ0) is 15.6. The van der Waals surface area contributed by atoms with Gasteiger partial charge in [-0.3, -0.25) is 0 Å². The van der Waals surface area contributed by atoms with Crippen molar-refractivity contribution in [2.75, 3.05) is 29.5 Å². The van der Waals surface area contributed by atoms with Crippen molar-refractivity contribution in [3.05, 3.63) is 23.9 Å². The Labute approximate surface area is 132 Å². The zero-order valence-corrected chi connectivity index (χ0v) is 13.1. The first-order chi connectivity index (χ1) is 10.5. The molecule has 7 heteroatoms. The summed E-state index contributed by atoms with van der Waals surface area (Å²) < 4.78 is 37.6. The van der Waals surface area contributed by atoms with Crippen LogP contribution in [0.2, 0.25) is 0 Å². The van der Waals surface area contributed by atoms with E-state index in [1.54, 1.807) is 0 Å². The summed E-state index contributed by atoms with van der Waals surface area (Å²) >= 11 is 2.00. The summed E-state index contributed by atoms with van der Waals surface area (Å²) in [7, 11) is 0. The minimum Gasteiger partial charge on any atom is -0.357 e. The molecule has 122 valence electrons. The van der Waals surface area contributed by atoms with Crippen LogP contribution in [0.1, 0.15) is 24.8 Å². The smallest absolute Gasteiger partial charge is 0.357 e. The number of anilines is 1. The number of nitrogens with zero attached hydrogens (tertiary/aromatic N) is 2. The molecule has 0 bridgehead atoms. The number of thioether (sulfide) groups is 1. The number of hydrogen-bond donors (Lipinski definition) is 1. The molecule has 0 amide bonds. The van der Waals surface area contributed by atoms with Crippen LogP contribution in [0.4, 0.5) is 19.0 Å². The molecule has 3 nitrogen and oxygen atoms in total. The minimum atomic E-state index is -4.32. The Morgan fingerprint density at radius 3 is 2.45 bits per heavy atom. The van der Waals surface area contributed by atoms with Gasteiger partial charge in [-0.15, -0.1) is 0 Å². The van der Waals surface area contributed by atoms with Crippen LogP contribution in [-0.4, -0.2) is 41.7 Å². The van der Waals surface area contributed by atoms with E-state index in [4.69, 9.17) is 0 Å². The molecule has 0 aliphatic carbocycles. The van der Waals surface area contributed by atoms with Gasteiger partial charge in [0.1, 0.15) is 5.82 Å². The van der Waals surface area contributed by atoms with Gasteiger partial charge in [0, 0.05) is 37.1 Å². The van der Waals surface area contributed by atoms with E-state index >= 15 is 0 Å². The summed E-state index contributed by atoms with van der Waals surface area (Å²) in [6.07, 6.45) is -0.115. The fourth-order valence-electron chi connectivity index (χ4n) is 3.02. The van der Waals surface area contributed by atoms with Crippen molar-refractivity contribution < 1.29 is 13.2 Å². The summed E-state index contributed by atoms with van der Waals surface area (Å²) in [5.74, 6) is 3.08. The zero-order valence-electron chi connectivity index (χ0n) is 12.3. The molecule has 0 saturated carbocycles. The van der Waals surface area contributed by atoms with E-state index < -0.39 is 11.7 Å². The molecule has 1 unspecified atom stereocenters.